The molecule has 0 rings (SSSR count). The van der Waals surface area contributed by atoms with Gasteiger partial charge in [-0.05, 0) is 57.8 Å². The van der Waals surface area contributed by atoms with Gasteiger partial charge >= 0.3 is 7.82 Å². The van der Waals surface area contributed by atoms with Crippen molar-refractivity contribution in [2.24, 2.45) is 5.73 Å². The fraction of sp³-hybridized carbons (Fsp3) is 0.821. The lowest BCUT2D eigenvalue weighted by molar-refractivity contribution is -0.123. The Bertz CT molecular complexity index is 850. The molecule has 0 saturated heterocycles. The Hall–Kier alpha value is -1.28. The molecule has 0 saturated carbocycles. The predicted octanol–water partition coefficient (Wildman–Crippen LogP) is 10.4. The van der Waals surface area contributed by atoms with Crippen LogP contribution in [0.3, 0.4) is 0 Å². The number of unbranched alkanes of at least 4 members (excludes halogenated alkanes) is 20. The number of amides is 1. The molecule has 8 nitrogen and oxygen atoms in total. The van der Waals surface area contributed by atoms with Gasteiger partial charge in [-0.3, -0.25) is 13.8 Å². The van der Waals surface area contributed by atoms with Gasteiger partial charge in [-0.1, -0.05) is 147 Å². The summed E-state index contributed by atoms with van der Waals surface area (Å²) in [4.78, 5) is 22.6. The van der Waals surface area contributed by atoms with Gasteiger partial charge < -0.3 is 21.1 Å². The van der Waals surface area contributed by atoms with Crippen LogP contribution in [0.25, 0.3) is 0 Å². The Morgan fingerprint density at radius 3 is 1.60 bits per heavy atom. The van der Waals surface area contributed by atoms with Crippen LogP contribution in [-0.2, 0) is 18.4 Å². The van der Waals surface area contributed by atoms with Crippen molar-refractivity contribution in [1.82, 2.24) is 5.32 Å². The average Bonchev–Trinajstić information content (AvgIpc) is 3.07. The Morgan fingerprint density at radius 2 is 1.10 bits per heavy atom. The summed E-state index contributed by atoms with van der Waals surface area (Å²) in [5, 5.41) is 13.6. The Labute approximate surface area is 295 Å². The van der Waals surface area contributed by atoms with Crippen molar-refractivity contribution >= 4 is 13.7 Å². The van der Waals surface area contributed by atoms with Crippen LogP contribution in [0.4, 0.5) is 0 Å². The van der Waals surface area contributed by atoms with Gasteiger partial charge in [-0.15, -0.1) is 0 Å². The van der Waals surface area contributed by atoms with Crippen LogP contribution < -0.4 is 11.1 Å². The number of aliphatic hydroxyl groups excluding tert-OH is 1. The van der Waals surface area contributed by atoms with Gasteiger partial charge in [-0.25, -0.2) is 4.57 Å². The van der Waals surface area contributed by atoms with Crippen LogP contribution in [0.1, 0.15) is 174 Å². The zero-order valence-electron chi connectivity index (χ0n) is 31.0. The van der Waals surface area contributed by atoms with E-state index in [4.69, 9.17) is 14.8 Å². The molecule has 5 N–H and O–H groups in total. The lowest BCUT2D eigenvalue weighted by atomic mass is 10.1. The second kappa shape index (κ2) is 35.5. The minimum atomic E-state index is -4.34. The number of phosphoric acid groups is 1. The number of nitrogens with one attached hydrogen (secondary N) is 1. The van der Waals surface area contributed by atoms with E-state index in [0.29, 0.717) is 6.42 Å². The van der Waals surface area contributed by atoms with E-state index in [9.17, 15) is 19.4 Å². The van der Waals surface area contributed by atoms with Crippen molar-refractivity contribution < 1.29 is 28.4 Å². The molecule has 9 heteroatoms. The van der Waals surface area contributed by atoms with Crippen LogP contribution in [0, 0.1) is 0 Å². The summed E-state index contributed by atoms with van der Waals surface area (Å²) in [6.07, 6.45) is 40.5. The van der Waals surface area contributed by atoms with E-state index >= 15 is 0 Å². The lowest BCUT2D eigenvalue weighted by Gasteiger charge is -2.23. The molecular weight excluding hydrogens is 623 g/mol. The summed E-state index contributed by atoms with van der Waals surface area (Å²) in [5.41, 5.74) is 5.35. The molecule has 0 heterocycles. The van der Waals surface area contributed by atoms with Gasteiger partial charge in [0.25, 0.3) is 0 Å². The minimum Gasteiger partial charge on any atom is -0.387 e. The Morgan fingerprint density at radius 1 is 0.667 bits per heavy atom. The largest absolute Gasteiger partial charge is 0.472 e. The second-order valence-corrected chi connectivity index (χ2v) is 14.6. The standard InChI is InChI=1S/C39H75N2O6P/c1-3-5-7-9-11-13-15-16-17-18-19-20-21-23-25-27-29-31-33-39(43)41-37(36-47-48(44,45)46-35-34-40)38(42)32-30-28-26-24-22-14-12-10-8-6-4-2/h17-18,22,24,30,32,37-38,42H,3-16,19-21,23,25-29,31,33-36,40H2,1-2H3,(H,41,43)(H,44,45)/b18-17-,24-22+,32-30+. The van der Waals surface area contributed by atoms with E-state index in [2.05, 4.69) is 43.5 Å². The Kier molecular flexibility index (Phi) is 34.6. The quantitative estimate of drug-likeness (QED) is 0.0291. The third kappa shape index (κ3) is 33.2. The fourth-order valence-electron chi connectivity index (χ4n) is 5.43. The first-order valence-corrected chi connectivity index (χ1v) is 21.1. The van der Waals surface area contributed by atoms with Crippen molar-refractivity contribution in [3.63, 3.8) is 0 Å². The molecule has 0 fully saturated rings. The molecule has 0 aromatic carbocycles. The van der Waals surface area contributed by atoms with Gasteiger partial charge in [0.15, 0.2) is 0 Å². The zero-order valence-corrected chi connectivity index (χ0v) is 31.9. The molecule has 1 amide bonds. The molecule has 0 aliphatic heterocycles. The number of hydrogen-bond donors (Lipinski definition) is 4. The molecule has 0 aliphatic carbocycles. The average molecular weight is 699 g/mol. The van der Waals surface area contributed by atoms with Gasteiger partial charge in [0, 0.05) is 13.0 Å². The summed E-state index contributed by atoms with van der Waals surface area (Å²) >= 11 is 0. The molecule has 0 aromatic heterocycles. The number of aliphatic hydroxyl groups is 1. The highest BCUT2D eigenvalue weighted by molar-refractivity contribution is 7.47. The van der Waals surface area contributed by atoms with Crippen LogP contribution >= 0.6 is 7.82 Å². The van der Waals surface area contributed by atoms with E-state index in [1.54, 1.807) is 6.08 Å². The first-order chi connectivity index (χ1) is 23.4. The van der Waals surface area contributed by atoms with Crippen molar-refractivity contribution in [3.05, 3.63) is 36.5 Å². The first kappa shape index (κ1) is 46.7. The van der Waals surface area contributed by atoms with Crippen molar-refractivity contribution in [2.45, 2.75) is 187 Å². The molecule has 282 valence electrons. The SMILES string of the molecule is CCCCCCC/C=C/CC/C=C/C(O)C(COP(=O)(O)OCCN)NC(=O)CCCCCCCCC/C=C\CCCCCCCCC. The fourth-order valence-corrected chi connectivity index (χ4v) is 6.19. The number of hydrogen-bond acceptors (Lipinski definition) is 6. The summed E-state index contributed by atoms with van der Waals surface area (Å²) in [6, 6.07) is -0.876. The number of phosphoric ester groups is 1. The molecule has 0 aromatic rings. The van der Waals surface area contributed by atoms with Crippen LogP contribution in [0.2, 0.25) is 0 Å². The molecule has 48 heavy (non-hydrogen) atoms. The van der Waals surface area contributed by atoms with Crippen LogP contribution in [0.5, 0.6) is 0 Å². The predicted molar refractivity (Wildman–Crippen MR) is 203 cm³/mol. The topological polar surface area (TPSA) is 131 Å². The normalized spacial score (nSPS) is 14.7. The number of allylic oxidation sites excluding steroid dienone is 5. The van der Waals surface area contributed by atoms with Crippen LogP contribution in [0.15, 0.2) is 36.5 Å². The van der Waals surface area contributed by atoms with Gasteiger partial charge in [-0.2, -0.15) is 0 Å². The smallest absolute Gasteiger partial charge is 0.387 e. The number of rotatable bonds is 36. The lowest BCUT2D eigenvalue weighted by Crippen LogP contribution is -2.45. The van der Waals surface area contributed by atoms with E-state index in [-0.39, 0.29) is 25.7 Å². The summed E-state index contributed by atoms with van der Waals surface area (Å²) in [5.74, 6) is -0.211. The van der Waals surface area contributed by atoms with Crippen molar-refractivity contribution in [3.8, 4) is 0 Å². The first-order valence-electron chi connectivity index (χ1n) is 19.6. The maximum Gasteiger partial charge on any atom is 0.472 e. The third-order valence-electron chi connectivity index (χ3n) is 8.44. The molecular formula is C39H75N2O6P. The van der Waals surface area contributed by atoms with Gasteiger partial charge in [0.1, 0.15) is 0 Å². The monoisotopic (exact) mass is 699 g/mol. The molecule has 0 aliphatic rings. The summed E-state index contributed by atoms with van der Waals surface area (Å²) < 4.78 is 22.0. The Balaban J connectivity index is 4.27. The van der Waals surface area contributed by atoms with Crippen LogP contribution in [-0.4, -0.2) is 47.8 Å². The second-order valence-electron chi connectivity index (χ2n) is 13.1. The third-order valence-corrected chi connectivity index (χ3v) is 9.42. The van der Waals surface area contributed by atoms with Crippen molar-refractivity contribution in [1.29, 1.82) is 0 Å². The molecule has 0 radical (unpaired) electrons. The number of nitrogens with two attached hydrogens (primary N) is 1. The van der Waals surface area contributed by atoms with E-state index < -0.39 is 20.0 Å². The molecule has 3 atom stereocenters. The van der Waals surface area contributed by atoms with E-state index in [0.717, 1.165) is 38.5 Å². The van der Waals surface area contributed by atoms with Gasteiger partial charge in [0.2, 0.25) is 5.91 Å². The molecule has 0 bridgehead atoms. The molecule has 0 spiro atoms. The zero-order chi connectivity index (χ0) is 35.4. The highest BCUT2D eigenvalue weighted by Gasteiger charge is 2.26. The highest BCUT2D eigenvalue weighted by Crippen LogP contribution is 2.43. The number of carbonyl (C=O) groups is 1. The van der Waals surface area contributed by atoms with E-state index in [1.807, 2.05) is 6.08 Å². The van der Waals surface area contributed by atoms with Crippen molar-refractivity contribution in [2.75, 3.05) is 19.8 Å². The van der Waals surface area contributed by atoms with E-state index in [1.165, 1.54) is 116 Å². The van der Waals surface area contributed by atoms with Gasteiger partial charge in [0.05, 0.1) is 25.4 Å². The highest BCUT2D eigenvalue weighted by atomic mass is 31.2. The minimum absolute atomic E-state index is 0.0729. The number of carbonyl (C=O) groups excluding carboxylic acids is 1. The molecule has 3 unspecified atom stereocenters. The summed E-state index contributed by atoms with van der Waals surface area (Å²) in [6.45, 7) is 4.07. The maximum absolute atomic E-state index is 12.7. The summed E-state index contributed by atoms with van der Waals surface area (Å²) in [7, 11) is -4.34. The maximum atomic E-state index is 12.7.